The van der Waals surface area contributed by atoms with E-state index in [4.69, 9.17) is 4.74 Å². The van der Waals surface area contributed by atoms with Crippen LogP contribution in [0.2, 0.25) is 0 Å². The second kappa shape index (κ2) is 5.41. The number of methoxy groups -OCH3 is 1. The van der Waals surface area contributed by atoms with Crippen LogP contribution >= 0.6 is 0 Å². The number of fused-ring (bicyclic) bond motifs is 2. The van der Waals surface area contributed by atoms with E-state index in [9.17, 15) is 14.4 Å². The minimum absolute atomic E-state index is 0.124. The number of rotatable bonds is 2. The van der Waals surface area contributed by atoms with E-state index < -0.39 is 11.9 Å². The van der Waals surface area contributed by atoms with Gasteiger partial charge in [-0.3, -0.25) is 19.0 Å². The van der Waals surface area contributed by atoms with Crippen LogP contribution in [0.25, 0.3) is 22.0 Å². The average Bonchev–Trinajstić information content (AvgIpc) is 3.01. The molecule has 0 saturated carbocycles. The Morgan fingerprint density at radius 3 is 2.60 bits per heavy atom. The number of hydrogen-bond donors (Lipinski definition) is 0. The van der Waals surface area contributed by atoms with Crippen LogP contribution in [0.4, 0.5) is 0 Å². The minimum Gasteiger partial charge on any atom is -0.468 e. The Kier molecular flexibility index (Phi) is 3.32. The van der Waals surface area contributed by atoms with E-state index >= 15 is 0 Å². The number of Topliss-reactive ketones (excluding diaryl/α,β-unsaturated/α-hetero) is 1. The number of nitrogens with zero attached hydrogens (tertiary/aromatic N) is 1. The van der Waals surface area contributed by atoms with Gasteiger partial charge in [-0.25, -0.2) is 0 Å². The second-order valence-electron chi connectivity index (χ2n) is 6.08. The lowest BCUT2D eigenvalue weighted by Crippen LogP contribution is -2.27. The van der Waals surface area contributed by atoms with Crippen molar-refractivity contribution < 1.29 is 19.1 Å². The molecule has 25 heavy (non-hydrogen) atoms. The zero-order chi connectivity index (χ0) is 17.7. The van der Waals surface area contributed by atoms with Gasteiger partial charge in [0.05, 0.1) is 12.6 Å². The van der Waals surface area contributed by atoms with Gasteiger partial charge < -0.3 is 4.74 Å². The third kappa shape index (κ3) is 2.12. The molecule has 2 heterocycles. The number of para-hydroxylation sites is 1. The molecule has 0 fully saturated rings. The predicted octanol–water partition coefficient (Wildman–Crippen LogP) is 3.42. The number of benzene rings is 2. The molecule has 4 rings (SSSR count). The monoisotopic (exact) mass is 333 g/mol. The zero-order valence-electron chi connectivity index (χ0n) is 13.8. The maximum atomic E-state index is 13.1. The standard InChI is InChI=1S/C20H15NO4/c1-11(22)13-6-7-14-15-5-3-4-12-8-9-21(18(12)15)19(23)17(16(14)10-13)20(24)25-2/h3-10,17H,1-2H3/t17-/m0/s1. The molecule has 0 radical (unpaired) electrons. The molecule has 0 unspecified atom stereocenters. The van der Waals surface area contributed by atoms with Crippen molar-refractivity contribution in [1.82, 2.24) is 4.57 Å². The Bertz CT molecular complexity index is 1060. The highest BCUT2D eigenvalue weighted by atomic mass is 16.5. The average molecular weight is 333 g/mol. The van der Waals surface area contributed by atoms with Crippen molar-refractivity contribution in [1.29, 1.82) is 0 Å². The van der Waals surface area contributed by atoms with Crippen molar-refractivity contribution in [2.75, 3.05) is 7.11 Å². The van der Waals surface area contributed by atoms with Gasteiger partial charge in [0, 0.05) is 22.7 Å². The summed E-state index contributed by atoms with van der Waals surface area (Å²) in [7, 11) is 1.26. The molecule has 1 aromatic heterocycles. The Hall–Kier alpha value is -3.21. The van der Waals surface area contributed by atoms with Gasteiger partial charge >= 0.3 is 5.97 Å². The number of carbonyl (C=O) groups is 3. The van der Waals surface area contributed by atoms with Gasteiger partial charge in [-0.2, -0.15) is 0 Å². The quantitative estimate of drug-likeness (QED) is 0.409. The number of ether oxygens (including phenoxy) is 1. The van der Waals surface area contributed by atoms with E-state index in [0.717, 1.165) is 22.0 Å². The van der Waals surface area contributed by atoms with Crippen molar-refractivity contribution in [3.05, 3.63) is 59.8 Å². The summed E-state index contributed by atoms with van der Waals surface area (Å²) >= 11 is 0. The maximum absolute atomic E-state index is 13.1. The predicted molar refractivity (Wildman–Crippen MR) is 92.8 cm³/mol. The minimum atomic E-state index is -1.11. The van der Waals surface area contributed by atoms with Gasteiger partial charge in [-0.05, 0) is 30.2 Å². The SMILES string of the molecule is COC(=O)[C@@H]1C(=O)n2ccc3cccc(c32)-c2ccc(C(C)=O)cc21. The third-order valence-electron chi connectivity index (χ3n) is 4.69. The second-order valence-corrected chi connectivity index (χ2v) is 6.08. The van der Waals surface area contributed by atoms with E-state index in [1.165, 1.54) is 18.6 Å². The highest BCUT2D eigenvalue weighted by molar-refractivity contribution is 6.14. The van der Waals surface area contributed by atoms with Gasteiger partial charge in [0.25, 0.3) is 0 Å². The van der Waals surface area contributed by atoms with Crippen LogP contribution in [-0.4, -0.2) is 29.3 Å². The lowest BCUT2D eigenvalue weighted by Gasteiger charge is -2.16. The van der Waals surface area contributed by atoms with Crippen LogP contribution in [0.15, 0.2) is 48.7 Å². The van der Waals surface area contributed by atoms with Gasteiger partial charge in [-0.15, -0.1) is 0 Å². The summed E-state index contributed by atoms with van der Waals surface area (Å²) in [6.07, 6.45) is 1.67. The van der Waals surface area contributed by atoms with Crippen molar-refractivity contribution in [2.45, 2.75) is 12.8 Å². The lowest BCUT2D eigenvalue weighted by atomic mass is 9.88. The molecule has 1 aliphatic heterocycles. The number of ketones is 1. The molecule has 1 aliphatic rings. The fourth-order valence-corrected chi connectivity index (χ4v) is 3.48. The molecule has 0 N–H and O–H groups in total. The van der Waals surface area contributed by atoms with Gasteiger partial charge in [0.15, 0.2) is 11.7 Å². The highest BCUT2D eigenvalue weighted by Crippen LogP contribution is 2.40. The highest BCUT2D eigenvalue weighted by Gasteiger charge is 2.36. The first-order chi connectivity index (χ1) is 12.0. The van der Waals surface area contributed by atoms with Crippen LogP contribution in [0.1, 0.15) is 33.6 Å². The molecule has 124 valence electrons. The van der Waals surface area contributed by atoms with Crippen molar-refractivity contribution >= 4 is 28.6 Å². The third-order valence-corrected chi connectivity index (χ3v) is 4.69. The van der Waals surface area contributed by atoms with Crippen LogP contribution in [0, 0.1) is 0 Å². The first-order valence-corrected chi connectivity index (χ1v) is 7.90. The topological polar surface area (TPSA) is 65.4 Å². The molecule has 3 aromatic rings. The molecule has 1 atom stereocenters. The van der Waals surface area contributed by atoms with Crippen molar-refractivity contribution in [2.24, 2.45) is 0 Å². The summed E-state index contributed by atoms with van der Waals surface area (Å²) in [5.41, 5.74) is 3.33. The molecular weight excluding hydrogens is 318 g/mol. The summed E-state index contributed by atoms with van der Waals surface area (Å²) < 4.78 is 6.39. The molecule has 5 nitrogen and oxygen atoms in total. The summed E-state index contributed by atoms with van der Waals surface area (Å²) in [4.78, 5) is 37.3. The van der Waals surface area contributed by atoms with Gasteiger partial charge in [0.1, 0.15) is 0 Å². The number of esters is 1. The van der Waals surface area contributed by atoms with Gasteiger partial charge in [0.2, 0.25) is 5.91 Å². The van der Waals surface area contributed by atoms with Crippen LogP contribution in [-0.2, 0) is 9.53 Å². The van der Waals surface area contributed by atoms with E-state index in [1.807, 2.05) is 24.3 Å². The number of carbonyl (C=O) groups excluding carboxylic acids is 3. The largest absolute Gasteiger partial charge is 0.468 e. The van der Waals surface area contributed by atoms with Crippen LogP contribution < -0.4 is 0 Å². The first-order valence-electron chi connectivity index (χ1n) is 7.90. The molecular formula is C20H15NO4. The number of hydrogen-bond acceptors (Lipinski definition) is 4. The Balaban J connectivity index is 2.12. The van der Waals surface area contributed by atoms with Crippen molar-refractivity contribution in [3.8, 4) is 11.1 Å². The smallest absolute Gasteiger partial charge is 0.322 e. The van der Waals surface area contributed by atoms with Crippen molar-refractivity contribution in [3.63, 3.8) is 0 Å². The Morgan fingerprint density at radius 2 is 1.88 bits per heavy atom. The van der Waals surface area contributed by atoms with E-state index in [0.29, 0.717) is 11.1 Å². The van der Waals surface area contributed by atoms with E-state index in [2.05, 4.69) is 0 Å². The summed E-state index contributed by atoms with van der Waals surface area (Å²) in [6.45, 7) is 1.46. The summed E-state index contributed by atoms with van der Waals surface area (Å²) in [5, 5.41) is 0.915. The summed E-state index contributed by atoms with van der Waals surface area (Å²) in [6, 6.07) is 12.7. The fourth-order valence-electron chi connectivity index (χ4n) is 3.48. The molecule has 0 aliphatic carbocycles. The first kappa shape index (κ1) is 15.3. The lowest BCUT2D eigenvalue weighted by molar-refractivity contribution is -0.141. The van der Waals surface area contributed by atoms with Crippen LogP contribution in [0.5, 0.6) is 0 Å². The zero-order valence-corrected chi connectivity index (χ0v) is 13.8. The van der Waals surface area contributed by atoms with Gasteiger partial charge in [-0.1, -0.05) is 30.3 Å². The molecule has 2 aromatic carbocycles. The number of aromatic nitrogens is 1. The molecule has 5 heteroatoms. The summed E-state index contributed by atoms with van der Waals surface area (Å²) in [5.74, 6) is -2.25. The normalized spacial score (nSPS) is 15.6. The maximum Gasteiger partial charge on any atom is 0.322 e. The molecule has 0 amide bonds. The fraction of sp³-hybridized carbons (Fsp3) is 0.150. The van der Waals surface area contributed by atoms with E-state index in [1.54, 1.807) is 24.4 Å². The Labute approximate surface area is 143 Å². The van der Waals surface area contributed by atoms with E-state index in [-0.39, 0.29) is 11.7 Å². The van der Waals surface area contributed by atoms with Crippen LogP contribution in [0.3, 0.4) is 0 Å². The molecule has 0 bridgehead atoms. The molecule has 0 saturated heterocycles. The molecule has 0 spiro atoms. The Morgan fingerprint density at radius 1 is 1.08 bits per heavy atom.